The fourth-order valence-corrected chi connectivity index (χ4v) is 1.65. The van der Waals surface area contributed by atoms with Crippen LogP contribution in [0.4, 0.5) is 0 Å². The zero-order chi connectivity index (χ0) is 8.10. The standard InChI is InChI=1S/C11H18/c1-3-7-10(2)11-8-5-4-6-9-11/h4-5,8,10H,3,6-7,9H2,1-2H3. The molecule has 1 rings (SSSR count). The van der Waals surface area contributed by atoms with Gasteiger partial charge in [0.2, 0.25) is 0 Å². The molecule has 1 aliphatic carbocycles. The van der Waals surface area contributed by atoms with Crippen LogP contribution in [0.2, 0.25) is 0 Å². The molecule has 0 aliphatic heterocycles. The molecule has 1 atom stereocenters. The van der Waals surface area contributed by atoms with Crippen molar-refractivity contribution in [2.45, 2.75) is 39.5 Å². The van der Waals surface area contributed by atoms with Crippen molar-refractivity contribution in [3.05, 3.63) is 23.8 Å². The van der Waals surface area contributed by atoms with E-state index in [-0.39, 0.29) is 0 Å². The van der Waals surface area contributed by atoms with Crippen LogP contribution in [0.3, 0.4) is 0 Å². The molecular weight excluding hydrogens is 132 g/mol. The average Bonchev–Trinajstić information content (AvgIpc) is 2.07. The molecular formula is C11H18. The van der Waals surface area contributed by atoms with E-state index in [2.05, 4.69) is 32.1 Å². The molecule has 1 unspecified atom stereocenters. The van der Waals surface area contributed by atoms with Gasteiger partial charge in [0.05, 0.1) is 0 Å². The molecule has 0 aromatic rings. The van der Waals surface area contributed by atoms with Gasteiger partial charge in [0.25, 0.3) is 0 Å². The molecule has 0 nitrogen and oxygen atoms in total. The molecule has 0 aromatic heterocycles. The summed E-state index contributed by atoms with van der Waals surface area (Å²) >= 11 is 0. The Hall–Kier alpha value is -0.520. The van der Waals surface area contributed by atoms with Crippen molar-refractivity contribution in [3.63, 3.8) is 0 Å². The summed E-state index contributed by atoms with van der Waals surface area (Å²) in [4.78, 5) is 0. The summed E-state index contributed by atoms with van der Waals surface area (Å²) in [6.45, 7) is 4.60. The molecule has 0 spiro atoms. The second kappa shape index (κ2) is 4.38. The van der Waals surface area contributed by atoms with Gasteiger partial charge in [0.15, 0.2) is 0 Å². The van der Waals surface area contributed by atoms with Crippen LogP contribution in [0, 0.1) is 5.92 Å². The van der Waals surface area contributed by atoms with E-state index in [1.54, 1.807) is 5.57 Å². The fraction of sp³-hybridized carbons (Fsp3) is 0.636. The van der Waals surface area contributed by atoms with Crippen LogP contribution in [0.5, 0.6) is 0 Å². The van der Waals surface area contributed by atoms with Gasteiger partial charge < -0.3 is 0 Å². The first-order valence-electron chi connectivity index (χ1n) is 4.70. The summed E-state index contributed by atoms with van der Waals surface area (Å²) in [7, 11) is 0. The lowest BCUT2D eigenvalue weighted by atomic mass is 9.90. The van der Waals surface area contributed by atoms with Crippen molar-refractivity contribution in [2.24, 2.45) is 5.92 Å². The Labute approximate surface area is 70.0 Å². The molecule has 0 saturated carbocycles. The van der Waals surface area contributed by atoms with Gasteiger partial charge in [-0.1, -0.05) is 44.1 Å². The van der Waals surface area contributed by atoms with Crippen LogP contribution in [0.15, 0.2) is 23.8 Å². The molecule has 0 saturated heterocycles. The van der Waals surface area contributed by atoms with Gasteiger partial charge in [-0.3, -0.25) is 0 Å². The zero-order valence-corrected chi connectivity index (χ0v) is 7.64. The van der Waals surface area contributed by atoms with E-state index in [0.29, 0.717) is 0 Å². The van der Waals surface area contributed by atoms with Crippen LogP contribution >= 0.6 is 0 Å². The highest BCUT2D eigenvalue weighted by Gasteiger charge is 2.07. The van der Waals surface area contributed by atoms with Gasteiger partial charge in [0, 0.05) is 0 Å². The first kappa shape index (κ1) is 8.58. The highest BCUT2D eigenvalue weighted by molar-refractivity contribution is 5.19. The summed E-state index contributed by atoms with van der Waals surface area (Å²) < 4.78 is 0. The predicted molar refractivity (Wildman–Crippen MR) is 50.5 cm³/mol. The smallest absolute Gasteiger partial charge is 0.0229 e. The first-order chi connectivity index (χ1) is 5.34. The van der Waals surface area contributed by atoms with Crippen molar-refractivity contribution in [2.75, 3.05) is 0 Å². The quantitative estimate of drug-likeness (QED) is 0.575. The zero-order valence-electron chi connectivity index (χ0n) is 7.64. The predicted octanol–water partition coefficient (Wildman–Crippen LogP) is 3.70. The normalized spacial score (nSPS) is 19.6. The lowest BCUT2D eigenvalue weighted by molar-refractivity contribution is 0.577. The molecule has 0 heteroatoms. The molecule has 11 heavy (non-hydrogen) atoms. The Kier molecular flexibility index (Phi) is 3.41. The van der Waals surface area contributed by atoms with Gasteiger partial charge in [-0.15, -0.1) is 0 Å². The minimum Gasteiger partial charge on any atom is -0.0842 e. The Morgan fingerprint density at radius 3 is 2.91 bits per heavy atom. The largest absolute Gasteiger partial charge is 0.0842 e. The average molecular weight is 150 g/mol. The summed E-state index contributed by atoms with van der Waals surface area (Å²) in [6.07, 6.45) is 11.9. The SMILES string of the molecule is CCCC(C)C1=CC=CCC1. The second-order valence-corrected chi connectivity index (χ2v) is 3.40. The topological polar surface area (TPSA) is 0 Å². The van der Waals surface area contributed by atoms with Crippen LogP contribution in [-0.4, -0.2) is 0 Å². The minimum atomic E-state index is 0.810. The molecule has 0 aromatic carbocycles. The summed E-state index contributed by atoms with van der Waals surface area (Å²) in [5.74, 6) is 0.810. The Bertz CT molecular complexity index is 163. The van der Waals surface area contributed by atoms with Gasteiger partial charge in [0.1, 0.15) is 0 Å². The van der Waals surface area contributed by atoms with E-state index >= 15 is 0 Å². The molecule has 0 radical (unpaired) electrons. The van der Waals surface area contributed by atoms with Crippen molar-refractivity contribution >= 4 is 0 Å². The highest BCUT2D eigenvalue weighted by atomic mass is 14.1. The molecule has 0 bridgehead atoms. The highest BCUT2D eigenvalue weighted by Crippen LogP contribution is 2.23. The van der Waals surface area contributed by atoms with E-state index < -0.39 is 0 Å². The Morgan fingerprint density at radius 1 is 1.55 bits per heavy atom. The van der Waals surface area contributed by atoms with Crippen LogP contribution in [0.1, 0.15) is 39.5 Å². The first-order valence-corrected chi connectivity index (χ1v) is 4.70. The van der Waals surface area contributed by atoms with Crippen LogP contribution < -0.4 is 0 Å². The van der Waals surface area contributed by atoms with Gasteiger partial charge in [-0.2, -0.15) is 0 Å². The number of allylic oxidation sites excluding steroid dienone is 4. The number of hydrogen-bond donors (Lipinski definition) is 0. The monoisotopic (exact) mass is 150 g/mol. The second-order valence-electron chi connectivity index (χ2n) is 3.40. The maximum atomic E-state index is 2.34. The van der Waals surface area contributed by atoms with Crippen LogP contribution in [0.25, 0.3) is 0 Å². The van der Waals surface area contributed by atoms with Crippen molar-refractivity contribution in [1.29, 1.82) is 0 Å². The number of rotatable bonds is 3. The van der Waals surface area contributed by atoms with Gasteiger partial charge >= 0.3 is 0 Å². The third kappa shape index (κ3) is 2.53. The fourth-order valence-electron chi connectivity index (χ4n) is 1.65. The molecule has 1 aliphatic rings. The molecule has 0 amide bonds. The Balaban J connectivity index is 2.44. The van der Waals surface area contributed by atoms with E-state index in [1.165, 1.54) is 25.7 Å². The maximum absolute atomic E-state index is 2.34. The van der Waals surface area contributed by atoms with E-state index in [1.807, 2.05) is 0 Å². The van der Waals surface area contributed by atoms with Gasteiger partial charge in [-0.05, 0) is 25.2 Å². The summed E-state index contributed by atoms with van der Waals surface area (Å²) in [5.41, 5.74) is 1.65. The van der Waals surface area contributed by atoms with Gasteiger partial charge in [-0.25, -0.2) is 0 Å². The summed E-state index contributed by atoms with van der Waals surface area (Å²) in [5, 5.41) is 0. The molecule has 62 valence electrons. The van der Waals surface area contributed by atoms with Crippen molar-refractivity contribution in [3.8, 4) is 0 Å². The third-order valence-electron chi connectivity index (χ3n) is 2.40. The number of hydrogen-bond acceptors (Lipinski definition) is 0. The molecule has 0 fully saturated rings. The van der Waals surface area contributed by atoms with E-state index in [9.17, 15) is 0 Å². The van der Waals surface area contributed by atoms with Crippen molar-refractivity contribution in [1.82, 2.24) is 0 Å². The van der Waals surface area contributed by atoms with Crippen molar-refractivity contribution < 1.29 is 0 Å². The lowest BCUT2D eigenvalue weighted by Crippen LogP contribution is -2.00. The van der Waals surface area contributed by atoms with E-state index in [0.717, 1.165) is 5.92 Å². The molecule has 0 N–H and O–H groups in total. The third-order valence-corrected chi connectivity index (χ3v) is 2.40. The summed E-state index contributed by atoms with van der Waals surface area (Å²) in [6, 6.07) is 0. The van der Waals surface area contributed by atoms with Crippen LogP contribution in [-0.2, 0) is 0 Å². The minimum absolute atomic E-state index is 0.810. The molecule has 0 heterocycles. The van der Waals surface area contributed by atoms with E-state index in [4.69, 9.17) is 0 Å². The maximum Gasteiger partial charge on any atom is -0.0229 e. The Morgan fingerprint density at radius 2 is 2.36 bits per heavy atom. The lowest BCUT2D eigenvalue weighted by Gasteiger charge is -2.15.